The fourth-order valence-electron chi connectivity index (χ4n) is 2.95. The van der Waals surface area contributed by atoms with Crippen molar-refractivity contribution in [1.29, 1.82) is 0 Å². The van der Waals surface area contributed by atoms with Gasteiger partial charge in [-0.25, -0.2) is 0 Å². The Kier molecular flexibility index (Phi) is 6.16. The molecule has 2 nitrogen and oxygen atoms in total. The quantitative estimate of drug-likeness (QED) is 0.791. The first-order chi connectivity index (χ1) is 8.34. The Morgan fingerprint density at radius 1 is 1.24 bits per heavy atom. The fourth-order valence-corrected chi connectivity index (χ4v) is 4.16. The van der Waals surface area contributed by atoms with Crippen LogP contribution in [0.15, 0.2) is 0 Å². The van der Waals surface area contributed by atoms with Crippen LogP contribution in [0.25, 0.3) is 0 Å². The van der Waals surface area contributed by atoms with Crippen molar-refractivity contribution in [1.82, 2.24) is 10.6 Å². The third-order valence-corrected chi connectivity index (χ3v) is 5.42. The molecule has 3 unspecified atom stereocenters. The molecule has 2 aliphatic heterocycles. The topological polar surface area (TPSA) is 24.1 Å². The Bertz CT molecular complexity index is 196. The van der Waals surface area contributed by atoms with Gasteiger partial charge in [0, 0.05) is 23.9 Å². The van der Waals surface area contributed by atoms with Crippen molar-refractivity contribution in [2.75, 3.05) is 18.8 Å². The molecule has 0 radical (unpaired) electrons. The van der Waals surface area contributed by atoms with E-state index < -0.39 is 0 Å². The lowest BCUT2D eigenvalue weighted by atomic mass is 10.0. The first-order valence-electron chi connectivity index (χ1n) is 7.43. The third kappa shape index (κ3) is 5.19. The van der Waals surface area contributed by atoms with Crippen LogP contribution in [0, 0.1) is 0 Å². The molecule has 2 aliphatic rings. The van der Waals surface area contributed by atoms with Crippen molar-refractivity contribution >= 4 is 11.8 Å². The number of rotatable bonds is 5. The second kappa shape index (κ2) is 7.65. The molecular formula is C14H28N2S. The second-order valence-corrected chi connectivity index (χ2v) is 7.09. The maximum absolute atomic E-state index is 3.73. The highest BCUT2D eigenvalue weighted by atomic mass is 32.2. The van der Waals surface area contributed by atoms with Crippen LogP contribution in [0.5, 0.6) is 0 Å². The molecule has 0 aromatic carbocycles. The van der Waals surface area contributed by atoms with E-state index in [1.165, 1.54) is 63.8 Å². The van der Waals surface area contributed by atoms with Crippen LogP contribution in [-0.4, -0.2) is 36.2 Å². The predicted octanol–water partition coefficient (Wildman–Crippen LogP) is 2.78. The molecule has 0 spiro atoms. The van der Waals surface area contributed by atoms with Crippen LogP contribution >= 0.6 is 11.8 Å². The zero-order chi connectivity index (χ0) is 11.9. The van der Waals surface area contributed by atoms with E-state index in [9.17, 15) is 0 Å². The molecule has 0 aromatic heterocycles. The van der Waals surface area contributed by atoms with Gasteiger partial charge in [-0.15, -0.1) is 0 Å². The molecule has 100 valence electrons. The molecule has 17 heavy (non-hydrogen) atoms. The van der Waals surface area contributed by atoms with Gasteiger partial charge in [-0.1, -0.05) is 12.8 Å². The van der Waals surface area contributed by atoms with E-state index in [1.54, 1.807) is 0 Å². The zero-order valence-corrected chi connectivity index (χ0v) is 12.0. The Labute approximate surface area is 111 Å². The highest BCUT2D eigenvalue weighted by Gasteiger charge is 2.18. The van der Waals surface area contributed by atoms with Crippen LogP contribution in [-0.2, 0) is 0 Å². The summed E-state index contributed by atoms with van der Waals surface area (Å²) >= 11 is 2.16. The number of hydrogen-bond acceptors (Lipinski definition) is 3. The van der Waals surface area contributed by atoms with Crippen LogP contribution in [0.4, 0.5) is 0 Å². The van der Waals surface area contributed by atoms with Crippen LogP contribution in [0.1, 0.15) is 51.9 Å². The fraction of sp³-hybridized carbons (Fsp3) is 1.00. The Balaban J connectivity index is 1.59. The summed E-state index contributed by atoms with van der Waals surface area (Å²) in [5, 5.41) is 8.32. The number of hydrogen-bond donors (Lipinski definition) is 2. The molecule has 0 amide bonds. The van der Waals surface area contributed by atoms with Gasteiger partial charge < -0.3 is 10.6 Å². The first kappa shape index (κ1) is 13.7. The van der Waals surface area contributed by atoms with Crippen LogP contribution in [0.3, 0.4) is 0 Å². The summed E-state index contributed by atoms with van der Waals surface area (Å²) < 4.78 is 0. The van der Waals surface area contributed by atoms with Crippen LogP contribution in [0.2, 0.25) is 0 Å². The largest absolute Gasteiger partial charge is 0.314 e. The summed E-state index contributed by atoms with van der Waals surface area (Å²) in [6.45, 7) is 4.81. The molecular weight excluding hydrogens is 228 g/mol. The van der Waals surface area contributed by atoms with Crippen molar-refractivity contribution < 1.29 is 0 Å². The Morgan fingerprint density at radius 3 is 3.00 bits per heavy atom. The van der Waals surface area contributed by atoms with E-state index >= 15 is 0 Å². The van der Waals surface area contributed by atoms with Crippen LogP contribution < -0.4 is 10.6 Å². The van der Waals surface area contributed by atoms with E-state index in [2.05, 4.69) is 29.3 Å². The normalized spacial score (nSPS) is 32.3. The van der Waals surface area contributed by atoms with Gasteiger partial charge in [-0.3, -0.25) is 0 Å². The lowest BCUT2D eigenvalue weighted by molar-refractivity contribution is 0.403. The van der Waals surface area contributed by atoms with Crippen molar-refractivity contribution in [2.45, 2.75) is 69.2 Å². The highest BCUT2D eigenvalue weighted by Crippen LogP contribution is 2.25. The Morgan fingerprint density at radius 2 is 2.18 bits per heavy atom. The summed E-state index contributed by atoms with van der Waals surface area (Å²) in [7, 11) is 0. The lowest BCUT2D eigenvalue weighted by Gasteiger charge is -2.22. The highest BCUT2D eigenvalue weighted by molar-refractivity contribution is 8.00. The van der Waals surface area contributed by atoms with Gasteiger partial charge in [0.1, 0.15) is 0 Å². The minimum atomic E-state index is 0.673. The minimum Gasteiger partial charge on any atom is -0.314 e. The van der Waals surface area contributed by atoms with Crippen molar-refractivity contribution in [3.05, 3.63) is 0 Å². The van der Waals surface area contributed by atoms with E-state index in [-0.39, 0.29) is 0 Å². The van der Waals surface area contributed by atoms with Crippen molar-refractivity contribution in [3.8, 4) is 0 Å². The number of nitrogens with one attached hydrogen (secondary N) is 2. The van der Waals surface area contributed by atoms with Gasteiger partial charge in [0.15, 0.2) is 0 Å². The maximum atomic E-state index is 3.73. The SMILES string of the molecule is CC(CC1CCCCCN1)NCC1CCCS1. The second-order valence-electron chi connectivity index (χ2n) is 5.68. The summed E-state index contributed by atoms with van der Waals surface area (Å²) in [4.78, 5) is 0. The average Bonchev–Trinajstić information content (AvgIpc) is 2.72. The van der Waals surface area contributed by atoms with E-state index in [1.807, 2.05) is 0 Å². The predicted molar refractivity (Wildman–Crippen MR) is 77.8 cm³/mol. The van der Waals surface area contributed by atoms with Gasteiger partial charge in [-0.2, -0.15) is 11.8 Å². The monoisotopic (exact) mass is 256 g/mol. The molecule has 2 saturated heterocycles. The first-order valence-corrected chi connectivity index (χ1v) is 8.48. The molecule has 2 fully saturated rings. The van der Waals surface area contributed by atoms with Gasteiger partial charge >= 0.3 is 0 Å². The van der Waals surface area contributed by atoms with Gasteiger partial charge in [0.2, 0.25) is 0 Å². The number of thioether (sulfide) groups is 1. The molecule has 2 N–H and O–H groups in total. The molecule has 0 saturated carbocycles. The summed E-state index contributed by atoms with van der Waals surface area (Å²) in [5.41, 5.74) is 0. The van der Waals surface area contributed by atoms with E-state index in [4.69, 9.17) is 0 Å². The van der Waals surface area contributed by atoms with Crippen molar-refractivity contribution in [3.63, 3.8) is 0 Å². The molecule has 2 rings (SSSR count). The smallest absolute Gasteiger partial charge is 0.0172 e. The summed E-state index contributed by atoms with van der Waals surface area (Å²) in [5.74, 6) is 1.38. The Hall–Kier alpha value is 0.270. The van der Waals surface area contributed by atoms with E-state index in [0.29, 0.717) is 6.04 Å². The molecule has 0 aliphatic carbocycles. The summed E-state index contributed by atoms with van der Waals surface area (Å²) in [6, 6.07) is 1.43. The standard InChI is InChI=1S/C14H28N2S/c1-12(16-11-14-7-5-9-17-14)10-13-6-3-2-4-8-15-13/h12-16H,2-11H2,1H3. The molecule has 0 bridgehead atoms. The molecule has 3 atom stereocenters. The minimum absolute atomic E-state index is 0.673. The molecule has 2 heterocycles. The lowest BCUT2D eigenvalue weighted by Crippen LogP contribution is -2.38. The van der Waals surface area contributed by atoms with Gasteiger partial charge in [0.25, 0.3) is 0 Å². The zero-order valence-electron chi connectivity index (χ0n) is 11.2. The maximum Gasteiger partial charge on any atom is 0.0172 e. The summed E-state index contributed by atoms with van der Waals surface area (Å²) in [6.07, 6.45) is 9.74. The van der Waals surface area contributed by atoms with E-state index in [0.717, 1.165) is 11.3 Å². The van der Waals surface area contributed by atoms with Gasteiger partial charge in [0.05, 0.1) is 0 Å². The average molecular weight is 256 g/mol. The van der Waals surface area contributed by atoms with Crippen molar-refractivity contribution in [2.24, 2.45) is 0 Å². The third-order valence-electron chi connectivity index (χ3n) is 4.02. The van der Waals surface area contributed by atoms with Gasteiger partial charge in [-0.05, 0) is 51.3 Å². The molecule has 3 heteroatoms. The molecule has 0 aromatic rings.